The van der Waals surface area contributed by atoms with E-state index >= 15 is 0 Å². The fourth-order valence-electron chi connectivity index (χ4n) is 3.97. The van der Waals surface area contributed by atoms with Crippen molar-refractivity contribution in [2.75, 3.05) is 34.5 Å². The number of methoxy groups -OCH3 is 3. The lowest BCUT2D eigenvalue weighted by atomic mass is 10.0. The van der Waals surface area contributed by atoms with Gasteiger partial charge in [-0.3, -0.25) is 14.6 Å². The monoisotopic (exact) mass is 419 g/mol. The van der Waals surface area contributed by atoms with Gasteiger partial charge in [-0.25, -0.2) is 4.99 Å². The van der Waals surface area contributed by atoms with Gasteiger partial charge in [-0.2, -0.15) is 0 Å². The van der Waals surface area contributed by atoms with E-state index in [9.17, 15) is 4.79 Å². The van der Waals surface area contributed by atoms with Crippen molar-refractivity contribution in [3.8, 4) is 17.2 Å². The van der Waals surface area contributed by atoms with E-state index in [-0.39, 0.29) is 16.9 Å². The van der Waals surface area contributed by atoms with Gasteiger partial charge in [0.2, 0.25) is 5.75 Å². The molecule has 156 valence electrons. The fraction of sp³-hybridized carbons (Fsp3) is 0.500. The molecule has 1 aromatic carbocycles. The zero-order chi connectivity index (χ0) is 20.5. The second kappa shape index (κ2) is 8.16. The van der Waals surface area contributed by atoms with Crippen LogP contribution in [0.5, 0.6) is 17.2 Å². The Kier molecular flexibility index (Phi) is 5.60. The molecule has 1 saturated heterocycles. The van der Waals surface area contributed by atoms with E-state index < -0.39 is 0 Å². The molecule has 2 aliphatic heterocycles. The summed E-state index contributed by atoms with van der Waals surface area (Å²) in [6, 6.07) is 3.93. The number of hydrogen-bond acceptors (Lipinski definition) is 7. The van der Waals surface area contributed by atoms with Gasteiger partial charge in [0, 0.05) is 18.8 Å². The highest BCUT2D eigenvalue weighted by atomic mass is 32.2. The first-order chi connectivity index (χ1) is 14.1. The number of fused-ring (bicyclic) bond motifs is 1. The molecule has 1 N–H and O–H groups in total. The first-order valence-corrected chi connectivity index (χ1v) is 10.4. The van der Waals surface area contributed by atoms with Crippen LogP contribution in [0.4, 0.5) is 5.82 Å². The molecule has 9 heteroatoms. The molecule has 2 aromatic rings. The van der Waals surface area contributed by atoms with E-state index in [1.807, 2.05) is 23.7 Å². The predicted molar refractivity (Wildman–Crippen MR) is 112 cm³/mol. The Labute approximate surface area is 173 Å². The van der Waals surface area contributed by atoms with E-state index in [0.29, 0.717) is 41.8 Å². The van der Waals surface area contributed by atoms with Crippen LogP contribution in [0.15, 0.2) is 21.9 Å². The summed E-state index contributed by atoms with van der Waals surface area (Å²) in [7, 11) is 4.75. The molecule has 0 unspecified atom stereocenters. The summed E-state index contributed by atoms with van der Waals surface area (Å²) in [6.07, 6.45) is 1.70. The van der Waals surface area contributed by atoms with E-state index in [2.05, 4.69) is 5.10 Å². The lowest BCUT2D eigenvalue weighted by Gasteiger charge is -2.27. The molecule has 29 heavy (non-hydrogen) atoms. The molecule has 1 fully saturated rings. The topological polar surface area (TPSA) is 87.1 Å². The van der Waals surface area contributed by atoms with Crippen molar-refractivity contribution in [3.63, 3.8) is 0 Å². The van der Waals surface area contributed by atoms with Gasteiger partial charge in [0.1, 0.15) is 0 Å². The normalized spacial score (nSPS) is 19.4. The van der Waals surface area contributed by atoms with Crippen molar-refractivity contribution in [2.45, 2.75) is 31.1 Å². The highest BCUT2D eigenvalue weighted by molar-refractivity contribution is 8.14. The number of nitrogens with zero attached hydrogens (tertiary/aromatic N) is 2. The smallest absolute Gasteiger partial charge is 0.271 e. The molecule has 8 nitrogen and oxygen atoms in total. The highest BCUT2D eigenvalue weighted by Crippen LogP contribution is 2.51. The summed E-state index contributed by atoms with van der Waals surface area (Å²) in [5, 5.41) is 3.65. The van der Waals surface area contributed by atoms with Crippen LogP contribution in [0.3, 0.4) is 0 Å². The molecule has 0 spiro atoms. The molecule has 1 atom stereocenters. The van der Waals surface area contributed by atoms with Gasteiger partial charge in [-0.15, -0.1) is 0 Å². The molecule has 0 bridgehead atoms. The summed E-state index contributed by atoms with van der Waals surface area (Å²) < 4.78 is 24.0. The minimum atomic E-state index is -0.262. The second-order valence-corrected chi connectivity index (χ2v) is 8.24. The van der Waals surface area contributed by atoms with Gasteiger partial charge in [0.25, 0.3) is 5.56 Å². The molecule has 0 radical (unpaired) electrons. The molecule has 0 saturated carbocycles. The Balaban J connectivity index is 1.86. The molecule has 3 heterocycles. The van der Waals surface area contributed by atoms with Crippen molar-refractivity contribution >= 4 is 22.6 Å². The lowest BCUT2D eigenvalue weighted by molar-refractivity contribution is 0.0666. The van der Waals surface area contributed by atoms with Crippen LogP contribution in [-0.4, -0.2) is 49.4 Å². The van der Waals surface area contributed by atoms with Crippen LogP contribution in [0, 0.1) is 0 Å². The number of H-pyrrole nitrogens is 1. The zero-order valence-electron chi connectivity index (χ0n) is 17.0. The molecule has 4 rings (SSSR count). The number of ether oxygens (including phenoxy) is 4. The van der Waals surface area contributed by atoms with E-state index in [1.165, 1.54) is 11.8 Å². The standard InChI is InChI=1S/C20H25N3O5S/c1-11-21-19-15(20(24)22-23(19)12-7-9-28-10-8-12)18(29-11)13-5-6-14(25-2)17(27-4)16(13)26-3/h5-6,12,18H,7-10H2,1-4H3,(H,22,24)/t18-/m1/s1. The van der Waals surface area contributed by atoms with Gasteiger partial charge in [-0.1, -0.05) is 11.8 Å². The average Bonchev–Trinajstić information content (AvgIpc) is 3.08. The van der Waals surface area contributed by atoms with Gasteiger partial charge in [0.15, 0.2) is 17.3 Å². The third kappa shape index (κ3) is 3.42. The zero-order valence-corrected chi connectivity index (χ0v) is 17.8. The predicted octanol–water partition coefficient (Wildman–Crippen LogP) is 3.44. The van der Waals surface area contributed by atoms with Crippen molar-refractivity contribution in [2.24, 2.45) is 4.99 Å². The molecule has 2 aliphatic rings. The number of aliphatic imine (C=N–C) groups is 1. The van der Waals surface area contributed by atoms with Crippen LogP contribution in [0.25, 0.3) is 0 Å². The minimum absolute atomic E-state index is 0.128. The maximum absolute atomic E-state index is 13.0. The fourth-order valence-corrected chi connectivity index (χ4v) is 5.09. The Bertz CT molecular complexity index is 991. The van der Waals surface area contributed by atoms with Crippen molar-refractivity contribution < 1.29 is 18.9 Å². The Morgan fingerprint density at radius 1 is 1.14 bits per heavy atom. The Morgan fingerprint density at radius 3 is 2.52 bits per heavy atom. The van der Waals surface area contributed by atoms with E-state index in [4.69, 9.17) is 23.9 Å². The molecule has 1 aromatic heterocycles. The Hall–Kier alpha value is -2.39. The van der Waals surface area contributed by atoms with Crippen LogP contribution >= 0.6 is 11.8 Å². The number of thioether (sulfide) groups is 1. The number of aromatic amines is 1. The summed E-state index contributed by atoms with van der Waals surface area (Å²) in [5.41, 5.74) is 1.36. The van der Waals surface area contributed by atoms with Crippen LogP contribution < -0.4 is 19.8 Å². The van der Waals surface area contributed by atoms with Gasteiger partial charge < -0.3 is 18.9 Å². The number of nitrogens with one attached hydrogen (secondary N) is 1. The van der Waals surface area contributed by atoms with E-state index in [0.717, 1.165) is 23.4 Å². The van der Waals surface area contributed by atoms with Crippen molar-refractivity contribution in [1.82, 2.24) is 9.78 Å². The Morgan fingerprint density at radius 2 is 1.86 bits per heavy atom. The van der Waals surface area contributed by atoms with E-state index in [1.54, 1.807) is 21.3 Å². The summed E-state index contributed by atoms with van der Waals surface area (Å²) >= 11 is 1.53. The van der Waals surface area contributed by atoms with Gasteiger partial charge in [-0.05, 0) is 31.9 Å². The molecule has 0 aliphatic carbocycles. The van der Waals surface area contributed by atoms with Gasteiger partial charge in [0.05, 0.1) is 43.2 Å². The first-order valence-electron chi connectivity index (χ1n) is 9.52. The third-order valence-electron chi connectivity index (χ3n) is 5.32. The summed E-state index contributed by atoms with van der Waals surface area (Å²) in [5.74, 6) is 2.34. The van der Waals surface area contributed by atoms with Gasteiger partial charge >= 0.3 is 0 Å². The highest BCUT2D eigenvalue weighted by Gasteiger charge is 2.35. The van der Waals surface area contributed by atoms with Crippen molar-refractivity contribution in [3.05, 3.63) is 33.6 Å². The molecular weight excluding hydrogens is 394 g/mol. The summed E-state index contributed by atoms with van der Waals surface area (Å²) in [4.78, 5) is 17.7. The van der Waals surface area contributed by atoms with Crippen LogP contribution in [0.2, 0.25) is 0 Å². The minimum Gasteiger partial charge on any atom is -0.493 e. The third-order valence-corrected chi connectivity index (χ3v) is 6.48. The number of benzene rings is 1. The SMILES string of the molecule is COc1ccc([C@H]2SC(C)=Nc3c2c(=O)[nH]n3C2CCOCC2)c(OC)c1OC. The quantitative estimate of drug-likeness (QED) is 0.799. The maximum atomic E-state index is 13.0. The first kappa shape index (κ1) is 19.9. The number of rotatable bonds is 5. The number of hydrogen-bond donors (Lipinski definition) is 1. The largest absolute Gasteiger partial charge is 0.493 e. The number of aromatic nitrogens is 2. The summed E-state index contributed by atoms with van der Waals surface area (Å²) in [6.45, 7) is 3.33. The van der Waals surface area contributed by atoms with Crippen molar-refractivity contribution in [1.29, 1.82) is 0 Å². The second-order valence-electron chi connectivity index (χ2n) is 6.94. The van der Waals surface area contributed by atoms with Crippen LogP contribution in [-0.2, 0) is 4.74 Å². The molecular formula is C20H25N3O5S. The average molecular weight is 420 g/mol. The molecule has 0 amide bonds. The lowest BCUT2D eigenvalue weighted by Crippen LogP contribution is -2.21. The maximum Gasteiger partial charge on any atom is 0.271 e. The van der Waals surface area contributed by atoms with Crippen LogP contribution in [0.1, 0.15) is 42.2 Å².